The average Bonchev–Trinajstić information content (AvgIpc) is 3.03. The van der Waals surface area contributed by atoms with Gasteiger partial charge >= 0.3 is 0 Å². The Morgan fingerprint density at radius 3 is 2.38 bits per heavy atom. The highest BCUT2D eigenvalue weighted by atomic mass is 32.2. The molecule has 0 aliphatic heterocycles. The van der Waals surface area contributed by atoms with Crippen molar-refractivity contribution >= 4 is 15.7 Å². The predicted octanol–water partition coefficient (Wildman–Crippen LogP) is 2.72. The molecule has 1 aliphatic carbocycles. The van der Waals surface area contributed by atoms with E-state index in [0.717, 1.165) is 24.0 Å². The van der Waals surface area contributed by atoms with Crippen LogP contribution < -0.4 is 10.5 Å². The first kappa shape index (κ1) is 16.3. The molecule has 1 aromatic carbocycles. The number of nitrogens with one attached hydrogen (secondary N) is 1. The van der Waals surface area contributed by atoms with Crippen LogP contribution in [0.5, 0.6) is 0 Å². The van der Waals surface area contributed by atoms with Gasteiger partial charge in [-0.2, -0.15) is 0 Å². The van der Waals surface area contributed by atoms with Gasteiger partial charge in [0.25, 0.3) is 0 Å². The molecule has 1 saturated carbocycles. The van der Waals surface area contributed by atoms with Crippen molar-refractivity contribution in [3.8, 4) is 0 Å². The highest BCUT2D eigenvalue weighted by Crippen LogP contribution is 2.51. The van der Waals surface area contributed by atoms with Crippen LogP contribution in [0.2, 0.25) is 0 Å². The molecule has 0 amide bonds. The summed E-state index contributed by atoms with van der Waals surface area (Å²) in [6, 6.07) is 3.64. The molecule has 1 aliphatic rings. The highest BCUT2D eigenvalue weighted by molar-refractivity contribution is 7.89. The van der Waals surface area contributed by atoms with Crippen molar-refractivity contribution in [2.75, 3.05) is 12.3 Å². The summed E-state index contributed by atoms with van der Waals surface area (Å²) in [6.45, 7) is 8.77. The molecule has 5 heteroatoms. The number of nitrogens with two attached hydrogens (primary N) is 1. The molecule has 1 aromatic rings. The number of aryl methyl sites for hydroxylation is 1. The second-order valence-electron chi connectivity index (χ2n) is 6.61. The standard InChI is InChI=1S/C16H26N2O2S/c1-5-11-7-14(17)13(6-2)15(8-11)21(19,20)18-10-12-9-16(12,3)4/h7-8,12,18H,5-6,9-10,17H2,1-4H3. The van der Waals surface area contributed by atoms with Crippen LogP contribution in [0, 0.1) is 11.3 Å². The number of hydrogen-bond acceptors (Lipinski definition) is 3. The van der Waals surface area contributed by atoms with Gasteiger partial charge in [-0.1, -0.05) is 27.7 Å². The van der Waals surface area contributed by atoms with Gasteiger partial charge in [0.15, 0.2) is 0 Å². The SMILES string of the molecule is CCc1cc(N)c(CC)c(S(=O)(=O)NCC2CC2(C)C)c1. The van der Waals surface area contributed by atoms with Crippen LogP contribution in [0.15, 0.2) is 17.0 Å². The second kappa shape index (κ2) is 5.61. The lowest BCUT2D eigenvalue weighted by Gasteiger charge is -2.15. The van der Waals surface area contributed by atoms with E-state index in [1.54, 1.807) is 6.07 Å². The van der Waals surface area contributed by atoms with Crippen LogP contribution in [0.1, 0.15) is 45.2 Å². The summed E-state index contributed by atoms with van der Waals surface area (Å²) < 4.78 is 28.0. The van der Waals surface area contributed by atoms with Gasteiger partial charge in [-0.3, -0.25) is 0 Å². The first-order chi connectivity index (χ1) is 9.71. The summed E-state index contributed by atoms with van der Waals surface area (Å²) in [4.78, 5) is 0.348. The Kier molecular flexibility index (Phi) is 4.36. The molecule has 21 heavy (non-hydrogen) atoms. The van der Waals surface area contributed by atoms with E-state index < -0.39 is 10.0 Å². The third kappa shape index (κ3) is 3.40. The average molecular weight is 310 g/mol. The first-order valence-electron chi connectivity index (χ1n) is 7.62. The number of anilines is 1. The van der Waals surface area contributed by atoms with E-state index in [1.807, 2.05) is 19.9 Å². The van der Waals surface area contributed by atoms with Gasteiger partial charge in [0, 0.05) is 12.2 Å². The monoisotopic (exact) mass is 310 g/mol. The third-order valence-corrected chi connectivity index (χ3v) is 6.08. The summed E-state index contributed by atoms with van der Waals surface area (Å²) in [7, 11) is -3.49. The molecule has 4 nitrogen and oxygen atoms in total. The maximum Gasteiger partial charge on any atom is 0.240 e. The third-order valence-electron chi connectivity index (χ3n) is 4.59. The number of nitrogen functional groups attached to an aromatic ring is 1. The molecular weight excluding hydrogens is 284 g/mol. The van der Waals surface area contributed by atoms with Crippen molar-refractivity contribution in [3.63, 3.8) is 0 Å². The highest BCUT2D eigenvalue weighted by Gasteiger charge is 2.45. The number of sulfonamides is 1. The predicted molar refractivity (Wildman–Crippen MR) is 86.7 cm³/mol. The largest absolute Gasteiger partial charge is 0.398 e. The zero-order valence-electron chi connectivity index (χ0n) is 13.4. The van der Waals surface area contributed by atoms with Gasteiger partial charge in [0.1, 0.15) is 0 Å². The van der Waals surface area contributed by atoms with Gasteiger partial charge in [0.2, 0.25) is 10.0 Å². The minimum absolute atomic E-state index is 0.264. The molecule has 0 heterocycles. The summed E-state index contributed by atoms with van der Waals surface area (Å²) in [5, 5.41) is 0. The molecule has 0 aromatic heterocycles. The Bertz CT molecular complexity index is 636. The van der Waals surface area contributed by atoms with E-state index in [1.165, 1.54) is 0 Å². The van der Waals surface area contributed by atoms with Gasteiger partial charge in [-0.15, -0.1) is 0 Å². The van der Waals surface area contributed by atoms with Crippen molar-refractivity contribution in [2.45, 2.75) is 51.9 Å². The van der Waals surface area contributed by atoms with Gasteiger partial charge in [0.05, 0.1) is 4.90 Å². The Labute approximate surface area is 128 Å². The molecular formula is C16H26N2O2S. The van der Waals surface area contributed by atoms with Gasteiger partial charge in [-0.25, -0.2) is 13.1 Å². The van der Waals surface area contributed by atoms with Crippen LogP contribution in [0.25, 0.3) is 0 Å². The molecule has 0 spiro atoms. The molecule has 1 atom stereocenters. The lowest BCUT2D eigenvalue weighted by atomic mass is 10.1. The molecule has 0 radical (unpaired) electrons. The van der Waals surface area contributed by atoms with E-state index >= 15 is 0 Å². The summed E-state index contributed by atoms with van der Waals surface area (Å²) >= 11 is 0. The molecule has 0 bridgehead atoms. The van der Waals surface area contributed by atoms with Crippen LogP contribution in [0.3, 0.4) is 0 Å². The van der Waals surface area contributed by atoms with Crippen molar-refractivity contribution in [2.24, 2.45) is 11.3 Å². The Balaban J connectivity index is 2.28. The van der Waals surface area contributed by atoms with Crippen LogP contribution in [0.4, 0.5) is 5.69 Å². The minimum Gasteiger partial charge on any atom is -0.398 e. The zero-order valence-corrected chi connectivity index (χ0v) is 14.2. The molecule has 2 rings (SSSR count). The minimum atomic E-state index is -3.49. The molecule has 118 valence electrons. The molecule has 3 N–H and O–H groups in total. The fourth-order valence-electron chi connectivity index (χ4n) is 2.76. The van der Waals surface area contributed by atoms with Crippen molar-refractivity contribution in [3.05, 3.63) is 23.3 Å². The lowest BCUT2D eigenvalue weighted by molar-refractivity contribution is 0.537. The molecule has 0 saturated heterocycles. The summed E-state index contributed by atoms with van der Waals surface area (Å²) in [5.74, 6) is 0.434. The van der Waals surface area contributed by atoms with E-state index in [-0.39, 0.29) is 5.41 Å². The van der Waals surface area contributed by atoms with E-state index in [2.05, 4.69) is 18.6 Å². The first-order valence-corrected chi connectivity index (χ1v) is 9.10. The molecule has 1 unspecified atom stereocenters. The van der Waals surface area contributed by atoms with Crippen molar-refractivity contribution in [1.82, 2.24) is 4.72 Å². The van der Waals surface area contributed by atoms with E-state index in [0.29, 0.717) is 29.5 Å². The summed E-state index contributed by atoms with van der Waals surface area (Å²) in [6.07, 6.45) is 2.46. The smallest absolute Gasteiger partial charge is 0.240 e. The van der Waals surface area contributed by atoms with Crippen molar-refractivity contribution in [1.29, 1.82) is 0 Å². The quantitative estimate of drug-likeness (QED) is 0.794. The normalized spacial score (nSPS) is 20.5. The Hall–Kier alpha value is -1.07. The Morgan fingerprint density at radius 1 is 1.29 bits per heavy atom. The number of hydrogen-bond donors (Lipinski definition) is 2. The van der Waals surface area contributed by atoms with E-state index in [4.69, 9.17) is 5.73 Å². The topological polar surface area (TPSA) is 72.2 Å². The Morgan fingerprint density at radius 2 is 1.90 bits per heavy atom. The fourth-order valence-corrected chi connectivity index (χ4v) is 4.23. The number of rotatable bonds is 6. The number of benzene rings is 1. The van der Waals surface area contributed by atoms with Gasteiger partial charge < -0.3 is 5.73 Å². The van der Waals surface area contributed by atoms with Crippen LogP contribution in [-0.4, -0.2) is 15.0 Å². The lowest BCUT2D eigenvalue weighted by Crippen LogP contribution is -2.28. The van der Waals surface area contributed by atoms with Crippen LogP contribution >= 0.6 is 0 Å². The maximum atomic E-state index is 12.6. The van der Waals surface area contributed by atoms with Gasteiger partial charge in [-0.05, 0) is 53.9 Å². The fraction of sp³-hybridized carbons (Fsp3) is 0.625. The van der Waals surface area contributed by atoms with Crippen LogP contribution in [-0.2, 0) is 22.9 Å². The second-order valence-corrected chi connectivity index (χ2v) is 8.35. The van der Waals surface area contributed by atoms with Crippen molar-refractivity contribution < 1.29 is 8.42 Å². The molecule has 1 fully saturated rings. The summed E-state index contributed by atoms with van der Waals surface area (Å²) in [5.41, 5.74) is 8.53. The zero-order chi connectivity index (χ0) is 15.8. The maximum absolute atomic E-state index is 12.6. The van der Waals surface area contributed by atoms with E-state index in [9.17, 15) is 8.42 Å².